The first-order valence-electron chi connectivity index (χ1n) is 7.86. The van der Waals surface area contributed by atoms with Gasteiger partial charge in [0.2, 0.25) is 0 Å². The number of nitrogens with zero attached hydrogens (tertiary/aromatic N) is 1. The third-order valence-corrected chi connectivity index (χ3v) is 5.57. The van der Waals surface area contributed by atoms with Crippen LogP contribution in [0.1, 0.15) is 57.8 Å². The fourth-order valence-corrected chi connectivity index (χ4v) is 4.14. The van der Waals surface area contributed by atoms with Crippen LogP contribution in [0.4, 0.5) is 0 Å². The van der Waals surface area contributed by atoms with Gasteiger partial charge in [0, 0.05) is 6.04 Å². The number of piperidine rings is 1. The van der Waals surface area contributed by atoms with Crippen LogP contribution >= 0.6 is 0 Å². The van der Waals surface area contributed by atoms with E-state index in [9.17, 15) is 5.11 Å². The van der Waals surface area contributed by atoms with Gasteiger partial charge in [-0.3, -0.25) is 4.90 Å². The largest absolute Gasteiger partial charge is 0.393 e. The molecule has 0 aromatic rings. The lowest BCUT2D eigenvalue weighted by molar-refractivity contribution is 0.00994. The number of rotatable bonds is 1. The van der Waals surface area contributed by atoms with Crippen molar-refractivity contribution in [1.29, 1.82) is 0 Å². The van der Waals surface area contributed by atoms with Gasteiger partial charge in [0.25, 0.3) is 0 Å². The summed E-state index contributed by atoms with van der Waals surface area (Å²) in [6.45, 7) is 2.57. The van der Waals surface area contributed by atoms with Crippen molar-refractivity contribution < 1.29 is 5.11 Å². The summed E-state index contributed by atoms with van der Waals surface area (Å²) >= 11 is 0. The number of aliphatic hydroxyl groups excluding tert-OH is 1. The second kappa shape index (κ2) is 5.34. The van der Waals surface area contributed by atoms with E-state index in [1.54, 1.807) is 0 Å². The summed E-state index contributed by atoms with van der Waals surface area (Å²) in [5, 5.41) is 9.66. The van der Waals surface area contributed by atoms with Crippen molar-refractivity contribution in [3.8, 4) is 0 Å². The van der Waals surface area contributed by atoms with Gasteiger partial charge in [-0.1, -0.05) is 12.2 Å². The van der Waals surface area contributed by atoms with Crippen LogP contribution in [0, 0.1) is 5.41 Å². The van der Waals surface area contributed by atoms with Crippen molar-refractivity contribution in [3.63, 3.8) is 0 Å². The highest BCUT2D eigenvalue weighted by Gasteiger charge is 2.38. The normalized spacial score (nSPS) is 33.9. The predicted octanol–water partition coefficient (Wildman–Crippen LogP) is 3.11. The van der Waals surface area contributed by atoms with E-state index in [2.05, 4.69) is 17.1 Å². The van der Waals surface area contributed by atoms with Crippen molar-refractivity contribution in [3.05, 3.63) is 12.2 Å². The average molecular weight is 249 g/mol. The number of aliphatic hydroxyl groups is 1. The van der Waals surface area contributed by atoms with Gasteiger partial charge in [0.15, 0.2) is 0 Å². The number of likely N-dealkylation sites (tertiary alicyclic amines) is 1. The molecule has 0 amide bonds. The van der Waals surface area contributed by atoms with E-state index < -0.39 is 0 Å². The first kappa shape index (κ1) is 12.7. The maximum absolute atomic E-state index is 9.66. The fourth-order valence-electron chi connectivity index (χ4n) is 4.14. The molecule has 0 aromatic carbocycles. The molecule has 2 nitrogen and oxygen atoms in total. The summed E-state index contributed by atoms with van der Waals surface area (Å²) in [4.78, 5) is 2.70. The number of hydrogen-bond acceptors (Lipinski definition) is 2. The Morgan fingerprint density at radius 3 is 2.33 bits per heavy atom. The fraction of sp³-hybridized carbons (Fsp3) is 0.875. The average Bonchev–Trinajstić information content (AvgIpc) is 2.44. The first-order valence-corrected chi connectivity index (χ1v) is 7.86. The Labute approximate surface area is 111 Å². The molecule has 2 aliphatic carbocycles. The third kappa shape index (κ3) is 2.65. The molecule has 1 saturated carbocycles. The van der Waals surface area contributed by atoms with E-state index in [0.29, 0.717) is 5.41 Å². The Balaban J connectivity index is 1.54. The molecule has 0 aromatic heterocycles. The summed E-state index contributed by atoms with van der Waals surface area (Å²) in [7, 11) is 0. The van der Waals surface area contributed by atoms with E-state index in [1.807, 2.05) is 0 Å². The van der Waals surface area contributed by atoms with E-state index in [-0.39, 0.29) is 6.10 Å². The summed E-state index contributed by atoms with van der Waals surface area (Å²) < 4.78 is 0. The van der Waals surface area contributed by atoms with Crippen LogP contribution in [-0.4, -0.2) is 35.2 Å². The van der Waals surface area contributed by atoms with Crippen molar-refractivity contribution >= 4 is 0 Å². The summed E-state index contributed by atoms with van der Waals surface area (Å²) in [5.74, 6) is 0. The summed E-state index contributed by atoms with van der Waals surface area (Å²) in [5.41, 5.74) is 0.591. The second-order valence-corrected chi connectivity index (χ2v) is 6.69. The Kier molecular flexibility index (Phi) is 3.76. The minimum Gasteiger partial charge on any atom is -0.393 e. The Bertz CT molecular complexity index is 294. The third-order valence-electron chi connectivity index (χ3n) is 5.57. The molecule has 1 N–H and O–H groups in total. The summed E-state index contributed by atoms with van der Waals surface area (Å²) in [6, 6.07) is 0.727. The van der Waals surface area contributed by atoms with Crippen LogP contribution in [0.2, 0.25) is 0 Å². The second-order valence-electron chi connectivity index (χ2n) is 6.69. The lowest BCUT2D eigenvalue weighted by Gasteiger charge is -2.47. The molecule has 1 saturated heterocycles. The van der Waals surface area contributed by atoms with Crippen molar-refractivity contribution in [2.24, 2.45) is 5.41 Å². The van der Waals surface area contributed by atoms with Crippen LogP contribution in [-0.2, 0) is 0 Å². The standard InChI is InChI=1S/C16H27NO/c18-15-6-8-16(9-7-15)10-12-17(13-11-16)14-4-2-1-3-5-14/h2,4,14-15,18H,1,3,5-13H2. The molecule has 102 valence electrons. The molecule has 1 spiro atoms. The Morgan fingerprint density at radius 2 is 1.72 bits per heavy atom. The van der Waals surface area contributed by atoms with Gasteiger partial charge in [-0.2, -0.15) is 0 Å². The molecule has 1 heterocycles. The molecule has 2 heteroatoms. The monoisotopic (exact) mass is 249 g/mol. The van der Waals surface area contributed by atoms with E-state index in [0.717, 1.165) is 18.9 Å². The molecule has 18 heavy (non-hydrogen) atoms. The lowest BCUT2D eigenvalue weighted by Crippen LogP contribution is -2.46. The number of hydrogen-bond donors (Lipinski definition) is 1. The van der Waals surface area contributed by atoms with Crippen molar-refractivity contribution in [1.82, 2.24) is 4.90 Å². The van der Waals surface area contributed by atoms with Crippen molar-refractivity contribution in [2.75, 3.05) is 13.1 Å². The van der Waals surface area contributed by atoms with E-state index in [4.69, 9.17) is 0 Å². The van der Waals surface area contributed by atoms with Gasteiger partial charge in [0.1, 0.15) is 0 Å². The maximum Gasteiger partial charge on any atom is 0.0540 e. The van der Waals surface area contributed by atoms with Crippen LogP contribution in [0.3, 0.4) is 0 Å². The Hall–Kier alpha value is -0.340. The zero-order valence-electron chi connectivity index (χ0n) is 11.5. The first-order chi connectivity index (χ1) is 8.77. The van der Waals surface area contributed by atoms with Crippen LogP contribution in [0.15, 0.2) is 12.2 Å². The predicted molar refractivity (Wildman–Crippen MR) is 74.5 cm³/mol. The molecule has 0 bridgehead atoms. The van der Waals surface area contributed by atoms with Gasteiger partial charge in [0.05, 0.1) is 6.10 Å². The van der Waals surface area contributed by atoms with Gasteiger partial charge >= 0.3 is 0 Å². The zero-order chi connectivity index (χ0) is 12.4. The highest BCUT2D eigenvalue weighted by molar-refractivity contribution is 5.01. The molecular formula is C16H27NO. The van der Waals surface area contributed by atoms with Crippen molar-refractivity contribution in [2.45, 2.75) is 69.9 Å². The molecule has 1 atom stereocenters. The zero-order valence-corrected chi connectivity index (χ0v) is 11.5. The smallest absolute Gasteiger partial charge is 0.0540 e. The van der Waals surface area contributed by atoms with Gasteiger partial charge in [-0.15, -0.1) is 0 Å². The minimum atomic E-state index is -0.00469. The Morgan fingerprint density at radius 1 is 1.00 bits per heavy atom. The molecule has 3 aliphatic rings. The van der Waals surface area contributed by atoms with E-state index >= 15 is 0 Å². The summed E-state index contributed by atoms with van der Waals surface area (Å²) in [6.07, 6.45) is 16.2. The topological polar surface area (TPSA) is 23.5 Å². The molecule has 3 rings (SSSR count). The highest BCUT2D eigenvalue weighted by atomic mass is 16.3. The lowest BCUT2D eigenvalue weighted by atomic mass is 9.67. The van der Waals surface area contributed by atoms with Crippen LogP contribution in [0.5, 0.6) is 0 Å². The molecular weight excluding hydrogens is 222 g/mol. The molecule has 1 aliphatic heterocycles. The quantitative estimate of drug-likeness (QED) is 0.722. The van der Waals surface area contributed by atoms with E-state index in [1.165, 1.54) is 58.0 Å². The SMILES string of the molecule is OC1CCC2(CC1)CCN(C1C=CCCC1)CC2. The van der Waals surface area contributed by atoms with Gasteiger partial charge < -0.3 is 5.11 Å². The molecule has 1 unspecified atom stereocenters. The van der Waals surface area contributed by atoms with Crippen LogP contribution < -0.4 is 0 Å². The maximum atomic E-state index is 9.66. The minimum absolute atomic E-state index is 0.00469. The number of allylic oxidation sites excluding steroid dienone is 1. The van der Waals surface area contributed by atoms with Gasteiger partial charge in [-0.05, 0) is 76.3 Å². The highest BCUT2D eigenvalue weighted by Crippen LogP contribution is 2.45. The molecule has 2 fully saturated rings. The molecule has 0 radical (unpaired) electrons. The van der Waals surface area contributed by atoms with Gasteiger partial charge in [-0.25, -0.2) is 0 Å². The van der Waals surface area contributed by atoms with Crippen LogP contribution in [0.25, 0.3) is 0 Å².